The molecule has 0 aliphatic carbocycles. The van der Waals surface area contributed by atoms with Gasteiger partial charge in [0.05, 0.1) is 5.69 Å². The molecule has 0 saturated carbocycles. The Kier molecular flexibility index (Phi) is 4.88. The Labute approximate surface area is 143 Å². The summed E-state index contributed by atoms with van der Waals surface area (Å²) in [6.07, 6.45) is 3.14. The topological polar surface area (TPSA) is 58.2 Å². The Morgan fingerprint density at radius 1 is 1.38 bits per heavy atom. The molecular weight excluding hydrogens is 302 g/mol. The number of H-pyrrole nitrogens is 1. The third kappa shape index (κ3) is 3.45. The van der Waals surface area contributed by atoms with Gasteiger partial charge in [0.1, 0.15) is 5.75 Å². The summed E-state index contributed by atoms with van der Waals surface area (Å²) in [4.78, 5) is 14.4. The second-order valence-corrected chi connectivity index (χ2v) is 6.53. The zero-order valence-electron chi connectivity index (χ0n) is 14.6. The lowest BCUT2D eigenvalue weighted by molar-refractivity contribution is -0.138. The second kappa shape index (κ2) is 7.07. The Hall–Kier alpha value is -2.30. The standard InChI is InChI=1S/C19H25N3O2/c1-13-16(14(2)21-20-13)8-6-12-22(3)19(23)18-11-10-15-7-4-5-9-17(15)24-18/h4-5,7,9,18H,6,8,10-12H2,1-3H3,(H,20,21)/t18-/m1/s1. The highest BCUT2D eigenvalue weighted by atomic mass is 16.5. The maximum atomic E-state index is 12.6. The molecule has 0 unspecified atom stereocenters. The van der Waals surface area contributed by atoms with Gasteiger partial charge in [-0.2, -0.15) is 5.10 Å². The fraction of sp³-hybridized carbons (Fsp3) is 0.474. The van der Waals surface area contributed by atoms with Gasteiger partial charge in [-0.3, -0.25) is 9.89 Å². The Bertz CT molecular complexity index is 704. The summed E-state index contributed by atoms with van der Waals surface area (Å²) < 4.78 is 5.90. The Morgan fingerprint density at radius 3 is 2.92 bits per heavy atom. The van der Waals surface area contributed by atoms with Crippen molar-refractivity contribution in [2.24, 2.45) is 0 Å². The predicted molar refractivity (Wildman–Crippen MR) is 93.2 cm³/mol. The van der Waals surface area contributed by atoms with Crippen LogP contribution in [0.4, 0.5) is 0 Å². The normalized spacial score (nSPS) is 16.4. The molecule has 5 heteroatoms. The number of amides is 1. The molecule has 2 heterocycles. The summed E-state index contributed by atoms with van der Waals surface area (Å²) in [6, 6.07) is 7.97. The smallest absolute Gasteiger partial charge is 0.263 e. The van der Waals surface area contributed by atoms with Crippen LogP contribution in [0.1, 0.15) is 35.4 Å². The lowest BCUT2D eigenvalue weighted by Gasteiger charge is -2.28. The molecule has 1 atom stereocenters. The first-order chi connectivity index (χ1) is 11.6. The summed E-state index contributed by atoms with van der Waals surface area (Å²) in [5, 5.41) is 7.23. The van der Waals surface area contributed by atoms with Crippen molar-refractivity contribution < 1.29 is 9.53 Å². The molecule has 24 heavy (non-hydrogen) atoms. The molecule has 0 radical (unpaired) electrons. The van der Waals surface area contributed by atoms with Crippen LogP contribution in [0.2, 0.25) is 0 Å². The van der Waals surface area contributed by atoms with E-state index in [0.717, 1.165) is 49.4 Å². The highest BCUT2D eigenvalue weighted by molar-refractivity contribution is 5.81. The monoisotopic (exact) mass is 327 g/mol. The third-order valence-electron chi connectivity index (χ3n) is 4.77. The number of hydrogen-bond donors (Lipinski definition) is 1. The summed E-state index contributed by atoms with van der Waals surface area (Å²) in [7, 11) is 1.86. The molecule has 5 nitrogen and oxygen atoms in total. The predicted octanol–water partition coefficient (Wildman–Crippen LogP) is 2.81. The van der Waals surface area contributed by atoms with E-state index in [2.05, 4.69) is 16.3 Å². The summed E-state index contributed by atoms with van der Waals surface area (Å²) in [5.74, 6) is 0.922. The number of fused-ring (bicyclic) bond motifs is 1. The molecule has 2 aromatic rings. The fourth-order valence-corrected chi connectivity index (χ4v) is 3.29. The molecule has 0 bridgehead atoms. The largest absolute Gasteiger partial charge is 0.480 e. The number of rotatable bonds is 5. The van der Waals surface area contributed by atoms with Gasteiger partial charge in [0.2, 0.25) is 0 Å². The number of likely N-dealkylation sites (N-methyl/N-ethyl adjacent to an activating group) is 1. The minimum Gasteiger partial charge on any atom is -0.480 e. The van der Waals surface area contributed by atoms with Crippen molar-refractivity contribution in [2.45, 2.75) is 45.6 Å². The van der Waals surface area contributed by atoms with Crippen LogP contribution in [0.15, 0.2) is 24.3 Å². The van der Waals surface area contributed by atoms with Gasteiger partial charge in [0.15, 0.2) is 6.10 Å². The number of carbonyl (C=O) groups excluding carboxylic acids is 1. The lowest BCUT2D eigenvalue weighted by atomic mass is 10.0. The van der Waals surface area contributed by atoms with Crippen LogP contribution in [0.3, 0.4) is 0 Å². The number of nitrogens with one attached hydrogen (secondary N) is 1. The van der Waals surface area contributed by atoms with E-state index < -0.39 is 0 Å². The van der Waals surface area contributed by atoms with Gasteiger partial charge in [-0.15, -0.1) is 0 Å². The summed E-state index contributed by atoms with van der Waals surface area (Å²) in [5.41, 5.74) is 4.62. The molecule has 1 aliphatic heterocycles. The van der Waals surface area contributed by atoms with Crippen LogP contribution in [0.25, 0.3) is 0 Å². The Morgan fingerprint density at radius 2 is 2.17 bits per heavy atom. The quantitative estimate of drug-likeness (QED) is 0.919. The van der Waals surface area contributed by atoms with Crippen molar-refractivity contribution in [3.8, 4) is 5.75 Å². The highest BCUT2D eigenvalue weighted by Gasteiger charge is 2.28. The molecule has 1 amide bonds. The van der Waals surface area contributed by atoms with Crippen LogP contribution >= 0.6 is 0 Å². The molecule has 1 N–H and O–H groups in total. The van der Waals surface area contributed by atoms with E-state index in [9.17, 15) is 4.79 Å². The number of ether oxygens (including phenoxy) is 1. The van der Waals surface area contributed by atoms with Gasteiger partial charge in [0, 0.05) is 19.3 Å². The molecule has 1 aliphatic rings. The van der Waals surface area contributed by atoms with Crippen LogP contribution < -0.4 is 4.74 Å². The van der Waals surface area contributed by atoms with Crippen molar-refractivity contribution in [3.05, 3.63) is 46.8 Å². The SMILES string of the molecule is Cc1n[nH]c(C)c1CCCN(C)C(=O)[C@H]1CCc2ccccc2O1. The number of aromatic nitrogens is 2. The Balaban J connectivity index is 1.52. The first-order valence-electron chi connectivity index (χ1n) is 8.56. The maximum Gasteiger partial charge on any atom is 0.263 e. The summed E-state index contributed by atoms with van der Waals surface area (Å²) in [6.45, 7) is 4.78. The minimum atomic E-state index is -0.359. The van der Waals surface area contributed by atoms with Crippen molar-refractivity contribution in [2.75, 3.05) is 13.6 Å². The van der Waals surface area contributed by atoms with E-state index in [-0.39, 0.29) is 12.0 Å². The average Bonchev–Trinajstić information content (AvgIpc) is 2.92. The molecule has 0 saturated heterocycles. The van der Waals surface area contributed by atoms with Crippen molar-refractivity contribution >= 4 is 5.91 Å². The van der Waals surface area contributed by atoms with E-state index in [1.165, 1.54) is 11.1 Å². The number of hydrogen-bond acceptors (Lipinski definition) is 3. The van der Waals surface area contributed by atoms with Crippen LogP contribution in [-0.2, 0) is 17.6 Å². The molecule has 128 valence electrons. The zero-order valence-corrected chi connectivity index (χ0v) is 14.6. The first kappa shape index (κ1) is 16.6. The van der Waals surface area contributed by atoms with Gasteiger partial charge in [0.25, 0.3) is 5.91 Å². The van der Waals surface area contributed by atoms with Gasteiger partial charge in [-0.05, 0) is 56.7 Å². The third-order valence-corrected chi connectivity index (χ3v) is 4.77. The second-order valence-electron chi connectivity index (χ2n) is 6.53. The molecular formula is C19H25N3O2. The van der Waals surface area contributed by atoms with Gasteiger partial charge in [-0.1, -0.05) is 18.2 Å². The molecule has 1 aromatic heterocycles. The van der Waals surface area contributed by atoms with E-state index in [0.29, 0.717) is 0 Å². The lowest BCUT2D eigenvalue weighted by Crippen LogP contribution is -2.42. The van der Waals surface area contributed by atoms with Crippen molar-refractivity contribution in [3.63, 3.8) is 0 Å². The molecule has 0 spiro atoms. The van der Waals surface area contributed by atoms with Gasteiger partial charge in [-0.25, -0.2) is 0 Å². The molecule has 0 fully saturated rings. The summed E-state index contributed by atoms with van der Waals surface area (Å²) >= 11 is 0. The average molecular weight is 327 g/mol. The number of carbonyl (C=O) groups is 1. The van der Waals surface area contributed by atoms with Gasteiger partial charge >= 0.3 is 0 Å². The zero-order chi connectivity index (χ0) is 17.1. The number of aromatic amines is 1. The number of benzene rings is 1. The van der Waals surface area contributed by atoms with E-state index >= 15 is 0 Å². The molecule has 1 aromatic carbocycles. The minimum absolute atomic E-state index is 0.0742. The van der Waals surface area contributed by atoms with Gasteiger partial charge < -0.3 is 9.64 Å². The van der Waals surface area contributed by atoms with E-state index in [1.54, 1.807) is 4.90 Å². The maximum absolute atomic E-state index is 12.6. The van der Waals surface area contributed by atoms with Crippen molar-refractivity contribution in [1.82, 2.24) is 15.1 Å². The van der Waals surface area contributed by atoms with Crippen LogP contribution in [0.5, 0.6) is 5.75 Å². The highest BCUT2D eigenvalue weighted by Crippen LogP contribution is 2.27. The van der Waals surface area contributed by atoms with Crippen LogP contribution in [0, 0.1) is 13.8 Å². The van der Waals surface area contributed by atoms with Crippen LogP contribution in [-0.4, -0.2) is 40.7 Å². The molecule has 3 rings (SSSR count). The number of para-hydroxylation sites is 1. The fourth-order valence-electron chi connectivity index (χ4n) is 3.29. The first-order valence-corrected chi connectivity index (χ1v) is 8.56. The van der Waals surface area contributed by atoms with E-state index in [1.807, 2.05) is 39.1 Å². The van der Waals surface area contributed by atoms with Crippen molar-refractivity contribution in [1.29, 1.82) is 0 Å². The number of nitrogens with zero attached hydrogens (tertiary/aromatic N) is 2. The van der Waals surface area contributed by atoms with E-state index in [4.69, 9.17) is 4.74 Å². The number of aryl methyl sites for hydroxylation is 3.